The zero-order chi connectivity index (χ0) is 30.1. The van der Waals surface area contributed by atoms with E-state index in [2.05, 4.69) is 170 Å². The molecule has 1 aliphatic rings. The summed E-state index contributed by atoms with van der Waals surface area (Å²) in [6, 6.07) is 55.5. The van der Waals surface area contributed by atoms with E-state index in [4.69, 9.17) is 0 Å². The third kappa shape index (κ3) is 3.99. The number of hydrogen-bond acceptors (Lipinski definition) is 2. The van der Waals surface area contributed by atoms with Crippen molar-refractivity contribution in [1.82, 2.24) is 0 Å². The summed E-state index contributed by atoms with van der Waals surface area (Å²) in [6.45, 7) is 4.80. The number of anilines is 3. The van der Waals surface area contributed by atoms with Crippen molar-refractivity contribution >= 4 is 59.3 Å². The summed E-state index contributed by atoms with van der Waals surface area (Å²) in [6.07, 6.45) is 0. The zero-order valence-electron chi connectivity index (χ0n) is 25.3. The third-order valence-electron chi connectivity index (χ3n) is 9.64. The number of nitrogens with zero attached hydrogens (tertiary/aromatic N) is 1. The van der Waals surface area contributed by atoms with E-state index in [1.807, 2.05) is 11.3 Å². The quantitative estimate of drug-likeness (QED) is 0.196. The lowest BCUT2D eigenvalue weighted by atomic mass is 9.82. The molecule has 1 aromatic heterocycles. The van der Waals surface area contributed by atoms with Crippen molar-refractivity contribution in [2.75, 3.05) is 4.90 Å². The summed E-state index contributed by atoms with van der Waals surface area (Å²) >= 11 is 1.93. The molecule has 0 saturated heterocycles. The Kier molecular flexibility index (Phi) is 5.78. The second-order valence-corrected chi connectivity index (χ2v) is 13.6. The molecule has 0 radical (unpaired) electrons. The summed E-state index contributed by atoms with van der Waals surface area (Å²) in [5.74, 6) is 0. The predicted octanol–water partition coefficient (Wildman–Crippen LogP) is 12.7. The number of benzene rings is 7. The molecule has 0 atom stereocenters. The van der Waals surface area contributed by atoms with Gasteiger partial charge in [0.05, 0.1) is 0 Å². The topological polar surface area (TPSA) is 3.24 Å². The first kappa shape index (κ1) is 26.2. The van der Waals surface area contributed by atoms with Crippen molar-refractivity contribution in [1.29, 1.82) is 0 Å². The second kappa shape index (κ2) is 9.92. The summed E-state index contributed by atoms with van der Waals surface area (Å²) in [5, 5.41) is 5.27. The van der Waals surface area contributed by atoms with Crippen molar-refractivity contribution in [2.24, 2.45) is 0 Å². The van der Waals surface area contributed by atoms with E-state index in [0.29, 0.717) is 0 Å². The standard InChI is InChI=1S/C43H31NS/c1-43(2)39-27-32(23-24-35(39)37-25-26-38-36-16-8-9-18-40(36)45-42(38)41(37)43)44(30-13-4-3-5-14-30)31-21-19-29(20-22-31)34-17-10-12-28-11-6-7-15-33(28)34/h3-27H,1-2H3. The van der Waals surface area contributed by atoms with Gasteiger partial charge in [-0.1, -0.05) is 123 Å². The molecule has 214 valence electrons. The Bertz CT molecular complexity index is 2390. The average Bonchev–Trinajstić information content (AvgIpc) is 3.57. The van der Waals surface area contributed by atoms with Crippen molar-refractivity contribution in [2.45, 2.75) is 19.3 Å². The van der Waals surface area contributed by atoms with Crippen LogP contribution in [-0.2, 0) is 5.41 Å². The van der Waals surface area contributed by atoms with E-state index in [1.54, 1.807) is 0 Å². The highest BCUT2D eigenvalue weighted by Gasteiger charge is 2.38. The van der Waals surface area contributed by atoms with Crippen molar-refractivity contribution < 1.29 is 0 Å². The fourth-order valence-corrected chi connectivity index (χ4v) is 8.89. The maximum Gasteiger partial charge on any atom is 0.0465 e. The average molecular weight is 594 g/mol. The molecule has 1 heterocycles. The normalized spacial score (nSPS) is 13.3. The molecular weight excluding hydrogens is 563 g/mol. The molecule has 0 unspecified atom stereocenters. The molecule has 0 bridgehead atoms. The highest BCUT2D eigenvalue weighted by atomic mass is 32.1. The first-order chi connectivity index (χ1) is 22.1. The van der Waals surface area contributed by atoms with Crippen LogP contribution in [0.1, 0.15) is 25.0 Å². The Labute approximate surface area is 267 Å². The van der Waals surface area contributed by atoms with Gasteiger partial charge in [-0.2, -0.15) is 0 Å². The summed E-state index contributed by atoms with van der Waals surface area (Å²) in [7, 11) is 0. The zero-order valence-corrected chi connectivity index (χ0v) is 26.1. The minimum Gasteiger partial charge on any atom is -0.310 e. The summed E-state index contributed by atoms with van der Waals surface area (Å²) in [5.41, 5.74) is 11.4. The SMILES string of the molecule is CC1(C)c2cc(N(c3ccccc3)c3ccc(-c4cccc5ccccc45)cc3)ccc2-c2ccc3c(sc4ccccc43)c21. The first-order valence-electron chi connectivity index (χ1n) is 15.6. The predicted molar refractivity (Wildman–Crippen MR) is 195 cm³/mol. The highest BCUT2D eigenvalue weighted by molar-refractivity contribution is 7.26. The molecule has 0 amide bonds. The van der Waals surface area contributed by atoms with E-state index >= 15 is 0 Å². The molecule has 0 spiro atoms. The van der Waals surface area contributed by atoms with Gasteiger partial charge in [0.15, 0.2) is 0 Å². The van der Waals surface area contributed by atoms with Crippen LogP contribution < -0.4 is 4.90 Å². The van der Waals surface area contributed by atoms with Gasteiger partial charge in [-0.3, -0.25) is 0 Å². The van der Waals surface area contributed by atoms with Gasteiger partial charge in [0.2, 0.25) is 0 Å². The molecule has 1 aliphatic carbocycles. The van der Waals surface area contributed by atoms with E-state index in [0.717, 1.165) is 11.4 Å². The van der Waals surface area contributed by atoms with Gasteiger partial charge >= 0.3 is 0 Å². The van der Waals surface area contributed by atoms with Crippen LogP contribution in [0.5, 0.6) is 0 Å². The van der Waals surface area contributed by atoms with Crippen LogP contribution in [-0.4, -0.2) is 0 Å². The molecule has 1 nitrogen and oxygen atoms in total. The Morgan fingerprint density at radius 2 is 1.16 bits per heavy atom. The monoisotopic (exact) mass is 593 g/mol. The van der Waals surface area contributed by atoms with Crippen molar-refractivity contribution in [3.63, 3.8) is 0 Å². The lowest BCUT2D eigenvalue weighted by Gasteiger charge is -2.28. The Hall–Kier alpha value is -5.18. The van der Waals surface area contributed by atoms with Crippen LogP contribution in [0.4, 0.5) is 17.1 Å². The molecule has 7 aromatic carbocycles. The minimum absolute atomic E-state index is 0.123. The molecule has 2 heteroatoms. The fourth-order valence-electron chi connectivity index (χ4n) is 7.48. The number of fused-ring (bicyclic) bond motifs is 8. The van der Waals surface area contributed by atoms with Gasteiger partial charge in [0.25, 0.3) is 0 Å². The van der Waals surface area contributed by atoms with Crippen LogP contribution in [0.25, 0.3) is 53.2 Å². The summed E-state index contributed by atoms with van der Waals surface area (Å²) in [4.78, 5) is 2.39. The van der Waals surface area contributed by atoms with E-state index in [-0.39, 0.29) is 5.41 Å². The lowest BCUT2D eigenvalue weighted by Crippen LogP contribution is -2.16. The van der Waals surface area contributed by atoms with E-state index in [1.165, 1.54) is 70.0 Å². The Balaban J connectivity index is 1.17. The molecule has 45 heavy (non-hydrogen) atoms. The summed E-state index contributed by atoms with van der Waals surface area (Å²) < 4.78 is 2.77. The molecule has 9 rings (SSSR count). The largest absolute Gasteiger partial charge is 0.310 e. The molecule has 8 aromatic rings. The molecule has 0 aliphatic heterocycles. The van der Waals surface area contributed by atoms with Gasteiger partial charge in [0.1, 0.15) is 0 Å². The molecule has 0 fully saturated rings. The maximum absolute atomic E-state index is 2.43. The van der Waals surface area contributed by atoms with Crippen LogP contribution in [0.15, 0.2) is 152 Å². The smallest absolute Gasteiger partial charge is 0.0465 e. The highest BCUT2D eigenvalue weighted by Crippen LogP contribution is 2.55. The maximum atomic E-state index is 2.43. The molecule has 0 saturated carbocycles. The van der Waals surface area contributed by atoms with Crippen molar-refractivity contribution in [3.8, 4) is 22.3 Å². The third-order valence-corrected chi connectivity index (χ3v) is 10.8. The van der Waals surface area contributed by atoms with Gasteiger partial charge in [-0.05, 0) is 86.6 Å². The second-order valence-electron chi connectivity index (χ2n) is 12.6. The van der Waals surface area contributed by atoms with Crippen LogP contribution in [0.2, 0.25) is 0 Å². The first-order valence-corrected chi connectivity index (χ1v) is 16.4. The Morgan fingerprint density at radius 1 is 0.489 bits per heavy atom. The lowest BCUT2D eigenvalue weighted by molar-refractivity contribution is 0.667. The van der Waals surface area contributed by atoms with Gasteiger partial charge in [-0.15, -0.1) is 11.3 Å². The molecular formula is C43H31NS. The number of thiophene rings is 1. The van der Waals surface area contributed by atoms with E-state index < -0.39 is 0 Å². The van der Waals surface area contributed by atoms with Crippen LogP contribution in [0, 0.1) is 0 Å². The van der Waals surface area contributed by atoms with Gasteiger partial charge in [-0.25, -0.2) is 0 Å². The van der Waals surface area contributed by atoms with Crippen LogP contribution >= 0.6 is 11.3 Å². The fraction of sp³-hybridized carbons (Fsp3) is 0.0698. The van der Waals surface area contributed by atoms with Crippen molar-refractivity contribution in [3.05, 3.63) is 163 Å². The number of rotatable bonds is 4. The Morgan fingerprint density at radius 3 is 2.00 bits per heavy atom. The minimum atomic E-state index is -0.123. The number of hydrogen-bond donors (Lipinski definition) is 0. The van der Waals surface area contributed by atoms with Crippen LogP contribution in [0.3, 0.4) is 0 Å². The van der Waals surface area contributed by atoms with Gasteiger partial charge in [0, 0.05) is 42.6 Å². The number of para-hydroxylation sites is 1. The van der Waals surface area contributed by atoms with Gasteiger partial charge < -0.3 is 4.90 Å². The molecule has 0 N–H and O–H groups in total. The van der Waals surface area contributed by atoms with E-state index in [9.17, 15) is 0 Å².